The fraction of sp³-hybridized carbons (Fsp3) is 0.526. The Morgan fingerprint density at radius 3 is 2.55 bits per heavy atom. The molecule has 1 saturated heterocycles. The molecule has 0 radical (unpaired) electrons. The molecule has 3 nitrogen and oxygen atoms in total. The summed E-state index contributed by atoms with van der Waals surface area (Å²) in [5.41, 5.74) is 4.00. The Balaban J connectivity index is 1.99. The average Bonchev–Trinajstić information content (AvgIpc) is 2.92. The molecule has 2 atom stereocenters. The van der Waals surface area contributed by atoms with Crippen molar-refractivity contribution in [1.29, 1.82) is 0 Å². The number of nitrogens with one attached hydrogen (secondary N) is 1. The molecule has 1 aromatic carbocycles. The van der Waals surface area contributed by atoms with E-state index in [-0.39, 0.29) is 11.3 Å². The van der Waals surface area contributed by atoms with Gasteiger partial charge in [-0.15, -0.1) is 0 Å². The second kappa shape index (κ2) is 5.79. The zero-order valence-electron chi connectivity index (χ0n) is 13.7. The van der Waals surface area contributed by atoms with Crippen LogP contribution >= 0.6 is 0 Å². The number of amides is 1. The molecule has 3 heteroatoms. The van der Waals surface area contributed by atoms with Gasteiger partial charge in [-0.05, 0) is 54.9 Å². The van der Waals surface area contributed by atoms with Crippen LogP contribution in [-0.4, -0.2) is 19.6 Å². The zero-order valence-corrected chi connectivity index (χ0v) is 13.7. The molecule has 0 unspecified atom stereocenters. The molecule has 1 fully saturated rings. The van der Waals surface area contributed by atoms with Crippen molar-refractivity contribution in [3.8, 4) is 5.75 Å². The summed E-state index contributed by atoms with van der Waals surface area (Å²) in [5, 5.41) is 3.05. The van der Waals surface area contributed by atoms with E-state index in [2.05, 4.69) is 31.3 Å². The van der Waals surface area contributed by atoms with Crippen LogP contribution in [-0.2, 0) is 4.79 Å². The van der Waals surface area contributed by atoms with Crippen LogP contribution in [0.25, 0.3) is 5.57 Å². The van der Waals surface area contributed by atoms with Gasteiger partial charge in [0, 0.05) is 6.54 Å². The summed E-state index contributed by atoms with van der Waals surface area (Å²) in [6.07, 6.45) is 3.95. The molecule has 3 rings (SSSR count). The molecular weight excluding hydrogens is 274 g/mol. The third-order valence-electron chi connectivity index (χ3n) is 5.69. The number of hydrogen-bond donors (Lipinski definition) is 1. The maximum absolute atomic E-state index is 12.4. The molecule has 1 aliphatic carbocycles. The lowest BCUT2D eigenvalue weighted by Crippen LogP contribution is -2.40. The van der Waals surface area contributed by atoms with E-state index in [0.29, 0.717) is 5.92 Å². The Morgan fingerprint density at radius 2 is 2.00 bits per heavy atom. The lowest BCUT2D eigenvalue weighted by molar-refractivity contribution is -0.130. The van der Waals surface area contributed by atoms with Crippen LogP contribution in [0.5, 0.6) is 5.75 Å². The summed E-state index contributed by atoms with van der Waals surface area (Å²) in [6, 6.07) is 8.33. The largest absolute Gasteiger partial charge is 0.497 e. The van der Waals surface area contributed by atoms with Crippen LogP contribution in [0.1, 0.15) is 45.1 Å². The van der Waals surface area contributed by atoms with Crippen molar-refractivity contribution < 1.29 is 9.53 Å². The molecular formula is C19H25NO2. The quantitative estimate of drug-likeness (QED) is 0.922. The van der Waals surface area contributed by atoms with Gasteiger partial charge in [-0.2, -0.15) is 0 Å². The van der Waals surface area contributed by atoms with Crippen LogP contribution in [0, 0.1) is 11.3 Å². The van der Waals surface area contributed by atoms with Crippen LogP contribution in [0.3, 0.4) is 0 Å². The standard InChI is InChI=1S/C19H25NO2/c1-4-16-13(2)19(11-12-20-18(19)21)10-9-17(16)14-5-7-15(22-3)8-6-14/h5-8,13H,4,9-12H2,1-3H3,(H,20,21)/t13-,19+/m0/s1. The van der Waals surface area contributed by atoms with Crippen LogP contribution < -0.4 is 10.1 Å². The minimum Gasteiger partial charge on any atom is -0.497 e. The molecule has 1 spiro atoms. The number of hydrogen-bond acceptors (Lipinski definition) is 2. The number of carbonyl (C=O) groups is 1. The van der Waals surface area contributed by atoms with E-state index in [0.717, 1.165) is 38.0 Å². The number of rotatable bonds is 3. The minimum atomic E-state index is -0.165. The molecule has 0 aromatic heterocycles. The summed E-state index contributed by atoms with van der Waals surface area (Å²) in [5.74, 6) is 1.48. The monoisotopic (exact) mass is 299 g/mol. The van der Waals surface area contributed by atoms with Crippen molar-refractivity contribution in [2.75, 3.05) is 13.7 Å². The topological polar surface area (TPSA) is 38.3 Å². The molecule has 1 aliphatic heterocycles. The highest BCUT2D eigenvalue weighted by Gasteiger charge is 2.49. The van der Waals surface area contributed by atoms with Gasteiger partial charge in [-0.3, -0.25) is 4.79 Å². The van der Waals surface area contributed by atoms with E-state index < -0.39 is 0 Å². The first kappa shape index (κ1) is 15.1. The maximum Gasteiger partial charge on any atom is 0.226 e. The number of carbonyl (C=O) groups excluding carboxylic acids is 1. The lowest BCUT2D eigenvalue weighted by Gasteiger charge is -2.40. The van der Waals surface area contributed by atoms with E-state index >= 15 is 0 Å². The van der Waals surface area contributed by atoms with Crippen molar-refractivity contribution in [3.63, 3.8) is 0 Å². The van der Waals surface area contributed by atoms with Crippen molar-refractivity contribution in [2.24, 2.45) is 11.3 Å². The molecule has 2 aliphatic rings. The Hall–Kier alpha value is -1.77. The average molecular weight is 299 g/mol. The van der Waals surface area contributed by atoms with Crippen molar-refractivity contribution >= 4 is 11.5 Å². The van der Waals surface area contributed by atoms with Crippen LogP contribution in [0.4, 0.5) is 0 Å². The number of methoxy groups -OCH3 is 1. The highest BCUT2D eigenvalue weighted by molar-refractivity contribution is 5.87. The van der Waals surface area contributed by atoms with Gasteiger partial charge in [-0.1, -0.05) is 31.6 Å². The smallest absolute Gasteiger partial charge is 0.226 e. The van der Waals surface area contributed by atoms with E-state index in [1.165, 1.54) is 16.7 Å². The highest BCUT2D eigenvalue weighted by Crippen LogP contribution is 2.51. The lowest BCUT2D eigenvalue weighted by atomic mass is 9.62. The van der Waals surface area contributed by atoms with Crippen molar-refractivity contribution in [3.05, 3.63) is 35.4 Å². The number of ether oxygens (including phenoxy) is 1. The molecule has 1 heterocycles. The van der Waals surface area contributed by atoms with Gasteiger partial charge >= 0.3 is 0 Å². The summed E-state index contributed by atoms with van der Waals surface area (Å²) < 4.78 is 5.25. The second-order valence-corrected chi connectivity index (χ2v) is 6.47. The summed E-state index contributed by atoms with van der Waals surface area (Å²) in [4.78, 5) is 12.4. The predicted octanol–water partition coefficient (Wildman–Crippen LogP) is 3.80. The van der Waals surface area contributed by atoms with Crippen molar-refractivity contribution in [1.82, 2.24) is 5.32 Å². The van der Waals surface area contributed by atoms with Crippen LogP contribution in [0.15, 0.2) is 29.8 Å². The molecule has 1 aromatic rings. The molecule has 22 heavy (non-hydrogen) atoms. The molecule has 0 bridgehead atoms. The predicted molar refractivity (Wildman–Crippen MR) is 88.7 cm³/mol. The molecule has 0 saturated carbocycles. The number of benzene rings is 1. The van der Waals surface area contributed by atoms with Gasteiger partial charge in [0.15, 0.2) is 0 Å². The zero-order chi connectivity index (χ0) is 15.7. The number of allylic oxidation sites excluding steroid dienone is 2. The molecule has 118 valence electrons. The maximum atomic E-state index is 12.4. The summed E-state index contributed by atoms with van der Waals surface area (Å²) in [7, 11) is 1.69. The Kier molecular flexibility index (Phi) is 3.98. The Bertz CT molecular complexity index is 602. The van der Waals surface area contributed by atoms with Gasteiger partial charge < -0.3 is 10.1 Å². The van der Waals surface area contributed by atoms with E-state index in [9.17, 15) is 4.79 Å². The van der Waals surface area contributed by atoms with E-state index in [1.54, 1.807) is 7.11 Å². The fourth-order valence-electron chi connectivity index (χ4n) is 4.30. The first-order chi connectivity index (χ1) is 10.6. The molecule has 1 amide bonds. The van der Waals surface area contributed by atoms with Crippen molar-refractivity contribution in [2.45, 2.75) is 39.5 Å². The van der Waals surface area contributed by atoms with E-state index in [4.69, 9.17) is 4.74 Å². The van der Waals surface area contributed by atoms with E-state index in [1.807, 2.05) is 12.1 Å². The Morgan fingerprint density at radius 1 is 1.27 bits per heavy atom. The summed E-state index contributed by atoms with van der Waals surface area (Å²) in [6.45, 7) is 5.28. The van der Waals surface area contributed by atoms with Gasteiger partial charge in [-0.25, -0.2) is 0 Å². The first-order valence-corrected chi connectivity index (χ1v) is 8.27. The summed E-state index contributed by atoms with van der Waals surface area (Å²) >= 11 is 0. The minimum absolute atomic E-state index is 0.165. The Labute approximate surface area is 132 Å². The highest BCUT2D eigenvalue weighted by atomic mass is 16.5. The third kappa shape index (κ3) is 2.23. The van der Waals surface area contributed by atoms with Crippen LogP contribution in [0.2, 0.25) is 0 Å². The normalized spacial score (nSPS) is 28.1. The third-order valence-corrected chi connectivity index (χ3v) is 5.69. The first-order valence-electron chi connectivity index (χ1n) is 8.27. The van der Waals surface area contributed by atoms with Gasteiger partial charge in [0.25, 0.3) is 0 Å². The molecule has 1 N–H and O–H groups in total. The fourth-order valence-corrected chi connectivity index (χ4v) is 4.30. The SMILES string of the molecule is CCC1=C(c2ccc(OC)cc2)CC[C@@]2(CCNC2=O)[C@H]1C. The van der Waals surface area contributed by atoms with Gasteiger partial charge in [0.05, 0.1) is 12.5 Å². The second-order valence-electron chi connectivity index (χ2n) is 6.47. The van der Waals surface area contributed by atoms with Gasteiger partial charge in [0.1, 0.15) is 5.75 Å². The van der Waals surface area contributed by atoms with Gasteiger partial charge in [0.2, 0.25) is 5.91 Å².